The molecule has 0 amide bonds. The number of carbonyl (C=O) groups excluding carboxylic acids is 1. The molecular formula is C18H14Cl2N2O3. The molecule has 3 aromatic rings. The number of rotatable bonds is 5. The summed E-state index contributed by atoms with van der Waals surface area (Å²) in [6, 6.07) is 12.7. The lowest BCUT2D eigenvalue weighted by Crippen LogP contribution is -2.08. The van der Waals surface area contributed by atoms with Crippen LogP contribution in [0.5, 0.6) is 0 Å². The van der Waals surface area contributed by atoms with Gasteiger partial charge >= 0.3 is 5.97 Å². The molecule has 7 heteroatoms. The van der Waals surface area contributed by atoms with Crippen molar-refractivity contribution in [3.63, 3.8) is 0 Å². The van der Waals surface area contributed by atoms with Gasteiger partial charge in [-0.2, -0.15) is 4.98 Å². The highest BCUT2D eigenvalue weighted by molar-refractivity contribution is 6.42. The number of hydrogen-bond acceptors (Lipinski definition) is 5. The first kappa shape index (κ1) is 17.5. The van der Waals surface area contributed by atoms with Gasteiger partial charge in [0.05, 0.1) is 16.5 Å². The Kier molecular flexibility index (Phi) is 5.36. The van der Waals surface area contributed by atoms with Crippen LogP contribution in [0.4, 0.5) is 0 Å². The summed E-state index contributed by atoms with van der Waals surface area (Å²) in [7, 11) is 0. The third-order valence-electron chi connectivity index (χ3n) is 3.46. The van der Waals surface area contributed by atoms with E-state index in [1.165, 1.54) is 0 Å². The molecule has 0 aliphatic heterocycles. The van der Waals surface area contributed by atoms with Crippen LogP contribution in [0.15, 0.2) is 47.0 Å². The number of nitrogens with zero attached hydrogens (tertiary/aromatic N) is 2. The number of aromatic nitrogens is 2. The average Bonchev–Trinajstić information content (AvgIpc) is 3.06. The van der Waals surface area contributed by atoms with E-state index in [4.69, 9.17) is 32.5 Å². The fraction of sp³-hybridized carbons (Fsp3) is 0.167. The summed E-state index contributed by atoms with van der Waals surface area (Å²) in [5.74, 6) is 0.272. The second-order valence-electron chi connectivity index (χ2n) is 5.47. The first-order chi connectivity index (χ1) is 12.0. The van der Waals surface area contributed by atoms with Crippen molar-refractivity contribution in [1.29, 1.82) is 0 Å². The van der Waals surface area contributed by atoms with Crippen LogP contribution in [-0.4, -0.2) is 16.1 Å². The van der Waals surface area contributed by atoms with Gasteiger partial charge < -0.3 is 9.26 Å². The molecule has 1 heterocycles. The third-order valence-corrected chi connectivity index (χ3v) is 4.20. The van der Waals surface area contributed by atoms with Gasteiger partial charge in [0.1, 0.15) is 0 Å². The topological polar surface area (TPSA) is 65.2 Å². The second kappa shape index (κ2) is 7.68. The molecule has 5 nitrogen and oxygen atoms in total. The molecule has 0 spiro atoms. The van der Waals surface area contributed by atoms with Crippen LogP contribution in [0.2, 0.25) is 10.0 Å². The van der Waals surface area contributed by atoms with Crippen molar-refractivity contribution in [3.05, 3.63) is 69.5 Å². The van der Waals surface area contributed by atoms with Crippen LogP contribution in [0.25, 0.3) is 11.5 Å². The van der Waals surface area contributed by atoms with Crippen molar-refractivity contribution < 1.29 is 14.1 Å². The number of esters is 1. The van der Waals surface area contributed by atoms with E-state index < -0.39 is 5.97 Å². The summed E-state index contributed by atoms with van der Waals surface area (Å²) in [5.41, 5.74) is 2.67. The number of ether oxygens (including phenoxy) is 1. The predicted octanol–water partition coefficient (Wildman–Crippen LogP) is 4.64. The van der Waals surface area contributed by atoms with Crippen LogP contribution < -0.4 is 0 Å². The Morgan fingerprint density at radius 3 is 2.60 bits per heavy atom. The van der Waals surface area contributed by atoms with Gasteiger partial charge in [-0.3, -0.25) is 4.79 Å². The molecule has 1 aromatic heterocycles. The lowest BCUT2D eigenvalue weighted by molar-refractivity contribution is -0.144. The SMILES string of the molecule is Cc1ccc(-c2nc(COC(=O)Cc3ccc(Cl)c(Cl)c3)no2)cc1. The molecule has 3 rings (SSSR count). The third kappa shape index (κ3) is 4.59. The Hall–Kier alpha value is -2.37. The first-order valence-corrected chi connectivity index (χ1v) is 8.26. The number of aryl methyl sites for hydroxylation is 1. The van der Waals surface area contributed by atoms with Crippen LogP contribution in [0.3, 0.4) is 0 Å². The summed E-state index contributed by atoms with van der Waals surface area (Å²) in [5, 5.41) is 4.65. The van der Waals surface area contributed by atoms with Crippen molar-refractivity contribution in [2.24, 2.45) is 0 Å². The Balaban J connectivity index is 1.57. The second-order valence-corrected chi connectivity index (χ2v) is 6.28. The maximum atomic E-state index is 11.9. The minimum Gasteiger partial charge on any atom is -0.457 e. The zero-order chi connectivity index (χ0) is 17.8. The van der Waals surface area contributed by atoms with Gasteiger partial charge in [0, 0.05) is 5.56 Å². The summed E-state index contributed by atoms with van der Waals surface area (Å²) in [6.07, 6.45) is 0.0829. The molecule has 0 aliphatic carbocycles. The minimum atomic E-state index is -0.417. The molecule has 25 heavy (non-hydrogen) atoms. The van der Waals surface area contributed by atoms with Gasteiger partial charge in [0.15, 0.2) is 6.61 Å². The van der Waals surface area contributed by atoms with E-state index in [9.17, 15) is 4.79 Å². The van der Waals surface area contributed by atoms with Gasteiger partial charge in [-0.25, -0.2) is 0 Å². The van der Waals surface area contributed by atoms with Crippen molar-refractivity contribution in [2.45, 2.75) is 20.0 Å². The zero-order valence-electron chi connectivity index (χ0n) is 13.3. The van der Waals surface area contributed by atoms with Crippen molar-refractivity contribution in [3.8, 4) is 11.5 Å². The molecule has 0 radical (unpaired) electrons. The Labute approximate surface area is 154 Å². The van der Waals surface area contributed by atoms with Gasteiger partial charge in [0.2, 0.25) is 5.82 Å². The largest absolute Gasteiger partial charge is 0.457 e. The standard InChI is InChI=1S/C18H14Cl2N2O3/c1-11-2-5-13(6-3-11)18-21-16(22-25-18)10-24-17(23)9-12-4-7-14(19)15(20)8-12/h2-8H,9-10H2,1H3. The van der Waals surface area contributed by atoms with E-state index in [2.05, 4.69) is 10.1 Å². The number of hydrogen-bond donors (Lipinski definition) is 0. The lowest BCUT2D eigenvalue weighted by Gasteiger charge is -2.03. The molecule has 0 N–H and O–H groups in total. The Bertz CT molecular complexity index is 892. The quantitative estimate of drug-likeness (QED) is 0.606. The molecule has 0 unspecified atom stereocenters. The summed E-state index contributed by atoms with van der Waals surface area (Å²) in [4.78, 5) is 16.1. The van der Waals surface area contributed by atoms with Gasteiger partial charge in [0.25, 0.3) is 5.89 Å². The predicted molar refractivity (Wildman–Crippen MR) is 94.4 cm³/mol. The molecule has 0 saturated heterocycles. The molecule has 0 aliphatic rings. The average molecular weight is 377 g/mol. The van der Waals surface area contributed by atoms with Crippen molar-refractivity contribution in [2.75, 3.05) is 0 Å². The van der Waals surface area contributed by atoms with Crippen LogP contribution in [0, 0.1) is 6.92 Å². The van der Waals surface area contributed by atoms with Gasteiger partial charge in [-0.05, 0) is 36.8 Å². The monoisotopic (exact) mass is 376 g/mol. The highest BCUT2D eigenvalue weighted by Gasteiger charge is 2.12. The summed E-state index contributed by atoms with van der Waals surface area (Å²) < 4.78 is 10.4. The van der Waals surface area contributed by atoms with E-state index in [1.807, 2.05) is 31.2 Å². The van der Waals surface area contributed by atoms with E-state index in [1.54, 1.807) is 18.2 Å². The molecule has 0 bridgehead atoms. The maximum Gasteiger partial charge on any atom is 0.310 e. The fourth-order valence-corrected chi connectivity index (χ4v) is 2.46. The number of carbonyl (C=O) groups is 1. The molecule has 128 valence electrons. The van der Waals surface area contributed by atoms with Crippen LogP contribution in [0.1, 0.15) is 17.0 Å². The minimum absolute atomic E-state index is 0.0600. The van der Waals surface area contributed by atoms with Gasteiger partial charge in [-0.1, -0.05) is 52.1 Å². The molecule has 0 atom stereocenters. The van der Waals surface area contributed by atoms with E-state index >= 15 is 0 Å². The Morgan fingerprint density at radius 1 is 1.12 bits per heavy atom. The Morgan fingerprint density at radius 2 is 1.88 bits per heavy atom. The molecule has 0 saturated carbocycles. The molecule has 2 aromatic carbocycles. The molecule has 0 fully saturated rings. The summed E-state index contributed by atoms with van der Waals surface area (Å²) in [6.45, 7) is 1.94. The lowest BCUT2D eigenvalue weighted by atomic mass is 10.1. The normalized spacial score (nSPS) is 10.7. The van der Waals surface area contributed by atoms with E-state index in [0.29, 0.717) is 27.3 Å². The van der Waals surface area contributed by atoms with E-state index in [-0.39, 0.29) is 13.0 Å². The van der Waals surface area contributed by atoms with Gasteiger partial charge in [-0.15, -0.1) is 0 Å². The highest BCUT2D eigenvalue weighted by Crippen LogP contribution is 2.23. The number of benzene rings is 2. The molecular weight excluding hydrogens is 363 g/mol. The number of halogens is 2. The van der Waals surface area contributed by atoms with Crippen molar-refractivity contribution >= 4 is 29.2 Å². The fourth-order valence-electron chi connectivity index (χ4n) is 2.14. The van der Waals surface area contributed by atoms with Crippen LogP contribution in [-0.2, 0) is 22.6 Å². The van der Waals surface area contributed by atoms with Crippen molar-refractivity contribution in [1.82, 2.24) is 10.1 Å². The summed E-state index contributed by atoms with van der Waals surface area (Å²) >= 11 is 11.8. The zero-order valence-corrected chi connectivity index (χ0v) is 14.8. The smallest absolute Gasteiger partial charge is 0.310 e. The van der Waals surface area contributed by atoms with Crippen LogP contribution >= 0.6 is 23.2 Å². The maximum absolute atomic E-state index is 11.9. The highest BCUT2D eigenvalue weighted by atomic mass is 35.5. The van der Waals surface area contributed by atoms with E-state index in [0.717, 1.165) is 11.1 Å². The first-order valence-electron chi connectivity index (χ1n) is 7.50.